The molecule has 2 N–H and O–H groups in total. The van der Waals surface area contributed by atoms with Crippen molar-refractivity contribution in [1.29, 1.82) is 0 Å². The van der Waals surface area contributed by atoms with Crippen LogP contribution in [0.15, 0.2) is 41.5 Å². The Kier molecular flexibility index (Phi) is 4.92. The zero-order valence-electron chi connectivity index (χ0n) is 14.3. The average Bonchev–Trinajstić information content (AvgIpc) is 3.08. The molecule has 3 aromatic rings. The highest BCUT2D eigenvalue weighted by molar-refractivity contribution is 5.76. The third kappa shape index (κ3) is 3.76. The van der Waals surface area contributed by atoms with E-state index in [9.17, 15) is 9.59 Å². The second kappa shape index (κ2) is 7.29. The van der Waals surface area contributed by atoms with Gasteiger partial charge < -0.3 is 5.32 Å². The number of carbonyl (C=O) groups is 1. The number of H-pyrrole nitrogens is 1. The van der Waals surface area contributed by atoms with Gasteiger partial charge in [-0.2, -0.15) is 4.52 Å². The molecule has 0 fully saturated rings. The lowest BCUT2D eigenvalue weighted by Gasteiger charge is -2.13. The van der Waals surface area contributed by atoms with E-state index in [4.69, 9.17) is 0 Å². The molecule has 1 atom stereocenters. The molecule has 2 aromatic heterocycles. The van der Waals surface area contributed by atoms with E-state index in [2.05, 4.69) is 27.3 Å². The number of fused-ring (bicyclic) bond motifs is 1. The molecule has 0 bridgehead atoms. The van der Waals surface area contributed by atoms with Crippen LogP contribution in [0.2, 0.25) is 0 Å². The monoisotopic (exact) mass is 339 g/mol. The molecular weight excluding hydrogens is 318 g/mol. The molecule has 0 unspecified atom stereocenters. The quantitative estimate of drug-likeness (QED) is 0.713. The zero-order chi connectivity index (χ0) is 17.8. The van der Waals surface area contributed by atoms with Gasteiger partial charge in [0.15, 0.2) is 0 Å². The highest BCUT2D eigenvalue weighted by atomic mass is 16.1. The van der Waals surface area contributed by atoms with Crippen LogP contribution in [-0.4, -0.2) is 32.0 Å². The molecule has 7 nitrogen and oxygen atoms in total. The lowest BCUT2D eigenvalue weighted by atomic mass is 10.0. The van der Waals surface area contributed by atoms with Gasteiger partial charge in [-0.25, -0.2) is 9.97 Å². The third-order valence-corrected chi connectivity index (χ3v) is 4.31. The number of aromatic amines is 1. The molecule has 1 aromatic carbocycles. The van der Waals surface area contributed by atoms with Crippen LogP contribution in [0.5, 0.6) is 0 Å². The van der Waals surface area contributed by atoms with Crippen molar-refractivity contribution < 1.29 is 4.79 Å². The van der Waals surface area contributed by atoms with Crippen molar-refractivity contribution >= 4 is 11.7 Å². The third-order valence-electron chi connectivity index (χ3n) is 4.31. The summed E-state index contributed by atoms with van der Waals surface area (Å²) in [4.78, 5) is 32.8. The summed E-state index contributed by atoms with van der Waals surface area (Å²) >= 11 is 0. The Hall–Kier alpha value is -2.96. The van der Waals surface area contributed by atoms with Crippen LogP contribution in [-0.2, 0) is 11.2 Å². The molecule has 0 saturated heterocycles. The first-order valence-corrected chi connectivity index (χ1v) is 8.29. The highest BCUT2D eigenvalue weighted by Crippen LogP contribution is 2.13. The molecule has 0 radical (unpaired) electrons. The number of nitrogens with zero attached hydrogens (tertiary/aromatic N) is 3. The fraction of sp³-hybridized carbons (Fsp3) is 0.333. The number of aromatic nitrogens is 4. The smallest absolute Gasteiger partial charge is 0.277 e. The van der Waals surface area contributed by atoms with Gasteiger partial charge in [0.05, 0.1) is 5.69 Å². The SMILES string of the molecule is Cc1nc2nc[nH]n2c(=O)c1CCC(=O)NC[C@H](C)c1ccccc1. The van der Waals surface area contributed by atoms with Crippen molar-refractivity contribution in [2.24, 2.45) is 0 Å². The minimum absolute atomic E-state index is 0.0729. The first-order valence-electron chi connectivity index (χ1n) is 8.29. The maximum atomic E-state index is 12.4. The number of benzene rings is 1. The van der Waals surface area contributed by atoms with E-state index < -0.39 is 0 Å². The molecule has 7 heteroatoms. The molecule has 0 spiro atoms. The van der Waals surface area contributed by atoms with Gasteiger partial charge in [0.1, 0.15) is 6.33 Å². The molecule has 0 aliphatic carbocycles. The van der Waals surface area contributed by atoms with Crippen LogP contribution >= 0.6 is 0 Å². The lowest BCUT2D eigenvalue weighted by molar-refractivity contribution is -0.121. The fourth-order valence-electron chi connectivity index (χ4n) is 2.78. The van der Waals surface area contributed by atoms with E-state index >= 15 is 0 Å². The van der Waals surface area contributed by atoms with E-state index in [1.165, 1.54) is 16.4 Å². The number of nitrogens with one attached hydrogen (secondary N) is 2. The Morgan fingerprint density at radius 3 is 2.84 bits per heavy atom. The Morgan fingerprint density at radius 1 is 1.32 bits per heavy atom. The Bertz CT molecular complexity index is 930. The molecule has 3 rings (SSSR count). The molecule has 1 amide bonds. The first-order chi connectivity index (χ1) is 12.1. The maximum absolute atomic E-state index is 12.4. The van der Waals surface area contributed by atoms with Gasteiger partial charge >= 0.3 is 0 Å². The van der Waals surface area contributed by atoms with E-state index in [0.29, 0.717) is 30.0 Å². The van der Waals surface area contributed by atoms with E-state index in [1.807, 2.05) is 30.3 Å². The highest BCUT2D eigenvalue weighted by Gasteiger charge is 2.13. The van der Waals surface area contributed by atoms with E-state index in [0.717, 1.165) is 0 Å². The summed E-state index contributed by atoms with van der Waals surface area (Å²) in [5.74, 6) is 0.504. The van der Waals surface area contributed by atoms with Crippen LogP contribution in [0.4, 0.5) is 0 Å². The zero-order valence-corrected chi connectivity index (χ0v) is 14.3. The van der Waals surface area contributed by atoms with Gasteiger partial charge in [0.2, 0.25) is 5.91 Å². The first kappa shape index (κ1) is 16.9. The summed E-state index contributed by atoms with van der Waals surface area (Å²) < 4.78 is 1.29. The second-order valence-electron chi connectivity index (χ2n) is 6.12. The number of carbonyl (C=O) groups excluding carboxylic acids is 1. The maximum Gasteiger partial charge on any atom is 0.277 e. The largest absolute Gasteiger partial charge is 0.355 e. The standard InChI is InChI=1S/C18H21N5O2/c1-12(14-6-4-3-5-7-14)10-19-16(24)9-8-15-13(2)22-18-20-11-21-23(18)17(15)25/h3-7,11-12H,8-10H2,1-2H3,(H,19,24)(H,20,21,22)/t12-/m0/s1. The van der Waals surface area contributed by atoms with E-state index in [-0.39, 0.29) is 23.8 Å². The Balaban J connectivity index is 1.58. The summed E-state index contributed by atoms with van der Waals surface area (Å²) in [5.41, 5.74) is 2.13. The minimum atomic E-state index is -0.203. The van der Waals surface area contributed by atoms with Gasteiger partial charge in [-0.15, -0.1) is 0 Å². The summed E-state index contributed by atoms with van der Waals surface area (Å²) in [6, 6.07) is 10.0. The molecule has 0 aliphatic rings. The fourth-order valence-corrected chi connectivity index (χ4v) is 2.78. The van der Waals surface area contributed by atoms with Crippen molar-refractivity contribution in [2.75, 3.05) is 6.54 Å². The van der Waals surface area contributed by atoms with Gasteiger partial charge in [-0.05, 0) is 24.8 Å². The van der Waals surface area contributed by atoms with Crippen molar-refractivity contribution in [3.63, 3.8) is 0 Å². The van der Waals surface area contributed by atoms with Gasteiger partial charge in [-0.3, -0.25) is 14.7 Å². The topological polar surface area (TPSA) is 92.2 Å². The van der Waals surface area contributed by atoms with Crippen LogP contribution in [0.25, 0.3) is 5.78 Å². The van der Waals surface area contributed by atoms with Gasteiger partial charge in [0.25, 0.3) is 11.3 Å². The summed E-state index contributed by atoms with van der Waals surface area (Å²) in [6.45, 7) is 4.40. The second-order valence-corrected chi connectivity index (χ2v) is 6.12. The predicted octanol–water partition coefficient (Wildman–Crippen LogP) is 1.58. The van der Waals surface area contributed by atoms with Crippen molar-refractivity contribution in [3.05, 3.63) is 63.8 Å². The normalized spacial score (nSPS) is 12.2. The lowest BCUT2D eigenvalue weighted by Crippen LogP contribution is -2.29. The molecule has 0 aliphatic heterocycles. The molecule has 25 heavy (non-hydrogen) atoms. The Labute approximate surface area is 145 Å². The molecule has 130 valence electrons. The number of rotatable bonds is 6. The molecular formula is C18H21N5O2. The number of amides is 1. The van der Waals surface area contributed by atoms with Crippen molar-refractivity contribution in [3.8, 4) is 0 Å². The average molecular weight is 339 g/mol. The molecule has 2 heterocycles. The van der Waals surface area contributed by atoms with Crippen molar-refractivity contribution in [2.45, 2.75) is 32.6 Å². The van der Waals surface area contributed by atoms with E-state index in [1.54, 1.807) is 6.92 Å². The number of hydrogen-bond acceptors (Lipinski definition) is 4. The van der Waals surface area contributed by atoms with Crippen molar-refractivity contribution in [1.82, 2.24) is 24.9 Å². The minimum Gasteiger partial charge on any atom is -0.355 e. The molecule has 0 saturated carbocycles. The number of hydrogen-bond donors (Lipinski definition) is 2. The van der Waals surface area contributed by atoms with Crippen LogP contribution in [0.1, 0.15) is 36.1 Å². The van der Waals surface area contributed by atoms with Crippen LogP contribution < -0.4 is 10.9 Å². The summed E-state index contributed by atoms with van der Waals surface area (Å²) in [5, 5.41) is 5.67. The summed E-state index contributed by atoms with van der Waals surface area (Å²) in [6.07, 6.45) is 2.02. The van der Waals surface area contributed by atoms with Crippen LogP contribution in [0.3, 0.4) is 0 Å². The van der Waals surface area contributed by atoms with Gasteiger partial charge in [-0.1, -0.05) is 37.3 Å². The van der Waals surface area contributed by atoms with Gasteiger partial charge in [0, 0.05) is 18.5 Å². The summed E-state index contributed by atoms with van der Waals surface area (Å²) in [7, 11) is 0. The Morgan fingerprint density at radius 2 is 2.08 bits per heavy atom. The predicted molar refractivity (Wildman–Crippen MR) is 94.5 cm³/mol. The van der Waals surface area contributed by atoms with Crippen LogP contribution in [0, 0.1) is 6.92 Å². The number of aryl methyl sites for hydroxylation is 1.